The van der Waals surface area contributed by atoms with Crippen LogP contribution in [0, 0.1) is 12.7 Å². The molecule has 0 fully saturated rings. The summed E-state index contributed by atoms with van der Waals surface area (Å²) in [6.07, 6.45) is 0.592. The summed E-state index contributed by atoms with van der Waals surface area (Å²) in [6, 6.07) is 2.68. The summed E-state index contributed by atoms with van der Waals surface area (Å²) in [6.45, 7) is 1.69. The number of rotatable bonds is 1. The second-order valence-corrected chi connectivity index (χ2v) is 2.77. The van der Waals surface area contributed by atoms with Crippen molar-refractivity contribution < 1.29 is 13.7 Å². The van der Waals surface area contributed by atoms with Crippen LogP contribution in [0.15, 0.2) is 16.7 Å². The Balaban J connectivity index is 2.87. The summed E-state index contributed by atoms with van der Waals surface area (Å²) in [7, 11) is 0. The molecule has 0 N–H and O–H groups in total. The molecule has 0 aliphatic carbocycles. The zero-order chi connectivity index (χ0) is 9.42. The highest BCUT2D eigenvalue weighted by atomic mass is 19.1. The van der Waals surface area contributed by atoms with Gasteiger partial charge in [0.1, 0.15) is 6.29 Å². The van der Waals surface area contributed by atoms with Crippen molar-refractivity contribution in [1.82, 2.24) is 5.16 Å². The Morgan fingerprint density at radius 1 is 1.54 bits per heavy atom. The number of carbonyl (C=O) groups is 1. The van der Waals surface area contributed by atoms with Gasteiger partial charge in [-0.1, -0.05) is 5.16 Å². The van der Waals surface area contributed by atoms with Crippen LogP contribution in [0.25, 0.3) is 11.0 Å². The van der Waals surface area contributed by atoms with Crippen LogP contribution in [-0.4, -0.2) is 11.4 Å². The lowest BCUT2D eigenvalue weighted by atomic mass is 10.1. The maximum absolute atomic E-state index is 13.2. The third-order valence-electron chi connectivity index (χ3n) is 1.87. The van der Waals surface area contributed by atoms with E-state index in [2.05, 4.69) is 5.16 Å². The fraction of sp³-hybridized carbons (Fsp3) is 0.111. The molecule has 0 radical (unpaired) electrons. The van der Waals surface area contributed by atoms with E-state index in [1.807, 2.05) is 0 Å². The normalized spacial score (nSPS) is 10.6. The summed E-state index contributed by atoms with van der Waals surface area (Å²) in [5.41, 5.74) is 0.969. The monoisotopic (exact) mass is 179 g/mol. The Hall–Kier alpha value is -1.71. The van der Waals surface area contributed by atoms with E-state index in [1.165, 1.54) is 0 Å². The minimum atomic E-state index is -0.555. The summed E-state index contributed by atoms with van der Waals surface area (Å²) in [5.74, 6) is -0.555. The van der Waals surface area contributed by atoms with Crippen LogP contribution in [0.2, 0.25) is 0 Å². The van der Waals surface area contributed by atoms with Gasteiger partial charge in [0.25, 0.3) is 0 Å². The van der Waals surface area contributed by atoms with Gasteiger partial charge in [0.05, 0.1) is 5.69 Å². The van der Waals surface area contributed by atoms with E-state index in [9.17, 15) is 9.18 Å². The highest BCUT2D eigenvalue weighted by molar-refractivity contribution is 5.87. The lowest BCUT2D eigenvalue weighted by molar-refractivity contribution is 0.112. The molecule has 0 aliphatic rings. The number of halogens is 1. The van der Waals surface area contributed by atoms with Gasteiger partial charge in [0.15, 0.2) is 5.82 Å². The Labute approximate surface area is 73.1 Å². The topological polar surface area (TPSA) is 43.1 Å². The van der Waals surface area contributed by atoms with Crippen molar-refractivity contribution in [2.45, 2.75) is 6.92 Å². The minimum absolute atomic E-state index is 0.100. The van der Waals surface area contributed by atoms with Gasteiger partial charge in [-0.05, 0) is 19.1 Å². The molecule has 0 saturated carbocycles. The molecule has 13 heavy (non-hydrogen) atoms. The maximum atomic E-state index is 13.2. The molecule has 4 heteroatoms. The Morgan fingerprint density at radius 3 is 3.00 bits per heavy atom. The average Bonchev–Trinajstić information content (AvgIpc) is 2.48. The van der Waals surface area contributed by atoms with E-state index < -0.39 is 5.82 Å². The smallest absolute Gasteiger partial charge is 0.202 e. The van der Waals surface area contributed by atoms with E-state index in [1.54, 1.807) is 13.0 Å². The molecule has 66 valence electrons. The molecule has 0 spiro atoms. The largest absolute Gasteiger partial charge is 0.353 e. The van der Waals surface area contributed by atoms with Gasteiger partial charge in [0.2, 0.25) is 5.58 Å². The van der Waals surface area contributed by atoms with Gasteiger partial charge >= 0.3 is 0 Å². The van der Waals surface area contributed by atoms with E-state index in [0.29, 0.717) is 17.4 Å². The van der Waals surface area contributed by atoms with Crippen molar-refractivity contribution in [3.05, 3.63) is 29.2 Å². The number of aromatic nitrogens is 1. The summed E-state index contributed by atoms with van der Waals surface area (Å²) >= 11 is 0. The zero-order valence-electron chi connectivity index (χ0n) is 6.87. The Kier molecular flexibility index (Phi) is 1.62. The van der Waals surface area contributed by atoms with Gasteiger partial charge in [-0.2, -0.15) is 0 Å². The molecule has 0 unspecified atom stereocenters. The lowest BCUT2D eigenvalue weighted by Gasteiger charge is -1.92. The molecule has 3 nitrogen and oxygen atoms in total. The number of hydrogen-bond donors (Lipinski definition) is 0. The molecule has 0 amide bonds. The van der Waals surface area contributed by atoms with Crippen LogP contribution in [0.3, 0.4) is 0 Å². The molecule has 2 rings (SSSR count). The standard InChI is InChI=1S/C9H6FNO2/c1-5-7-2-6(4-12)3-8(10)9(7)13-11-5/h2-4H,1H3. The molecule has 2 aromatic rings. The molecule has 1 aromatic heterocycles. The Bertz CT molecular complexity index is 476. The number of hydrogen-bond acceptors (Lipinski definition) is 3. The van der Waals surface area contributed by atoms with E-state index in [-0.39, 0.29) is 11.1 Å². The number of benzene rings is 1. The summed E-state index contributed by atoms with van der Waals surface area (Å²) < 4.78 is 17.9. The highest BCUT2D eigenvalue weighted by Gasteiger charge is 2.10. The number of nitrogens with zero attached hydrogens (tertiary/aromatic N) is 1. The second-order valence-electron chi connectivity index (χ2n) is 2.77. The average molecular weight is 179 g/mol. The first-order valence-electron chi connectivity index (χ1n) is 3.73. The molecule has 0 saturated heterocycles. The fourth-order valence-corrected chi connectivity index (χ4v) is 1.21. The maximum Gasteiger partial charge on any atom is 0.202 e. The molecular formula is C9H6FNO2. The molecule has 0 aliphatic heterocycles. The van der Waals surface area contributed by atoms with Crippen LogP contribution in [0.5, 0.6) is 0 Å². The van der Waals surface area contributed by atoms with Crippen LogP contribution in [-0.2, 0) is 0 Å². The first-order valence-corrected chi connectivity index (χ1v) is 3.73. The second kappa shape index (κ2) is 2.65. The van der Waals surface area contributed by atoms with Gasteiger partial charge < -0.3 is 4.52 Å². The van der Waals surface area contributed by atoms with E-state index in [0.717, 1.165) is 6.07 Å². The van der Waals surface area contributed by atoms with Crippen molar-refractivity contribution in [3.8, 4) is 0 Å². The van der Waals surface area contributed by atoms with Crippen molar-refractivity contribution in [2.24, 2.45) is 0 Å². The van der Waals surface area contributed by atoms with Crippen LogP contribution >= 0.6 is 0 Å². The summed E-state index contributed by atoms with van der Waals surface area (Å²) in [5, 5.41) is 4.14. The van der Waals surface area contributed by atoms with E-state index >= 15 is 0 Å². The van der Waals surface area contributed by atoms with Gasteiger partial charge in [-0.25, -0.2) is 4.39 Å². The molecular weight excluding hydrogens is 173 g/mol. The van der Waals surface area contributed by atoms with Crippen molar-refractivity contribution >= 4 is 17.3 Å². The van der Waals surface area contributed by atoms with Crippen LogP contribution in [0.4, 0.5) is 4.39 Å². The van der Waals surface area contributed by atoms with Gasteiger partial charge in [-0.15, -0.1) is 0 Å². The molecule has 0 atom stereocenters. The van der Waals surface area contributed by atoms with Crippen molar-refractivity contribution in [2.75, 3.05) is 0 Å². The van der Waals surface area contributed by atoms with Crippen LogP contribution in [0.1, 0.15) is 16.1 Å². The minimum Gasteiger partial charge on any atom is -0.353 e. The van der Waals surface area contributed by atoms with Crippen molar-refractivity contribution in [1.29, 1.82) is 0 Å². The third kappa shape index (κ3) is 1.11. The SMILES string of the molecule is Cc1noc2c(F)cc(C=O)cc12. The zero-order valence-corrected chi connectivity index (χ0v) is 6.87. The fourth-order valence-electron chi connectivity index (χ4n) is 1.21. The third-order valence-corrected chi connectivity index (χ3v) is 1.87. The van der Waals surface area contributed by atoms with E-state index in [4.69, 9.17) is 4.52 Å². The number of aryl methyl sites for hydroxylation is 1. The summed E-state index contributed by atoms with van der Waals surface area (Å²) in [4.78, 5) is 10.4. The lowest BCUT2D eigenvalue weighted by Crippen LogP contribution is -1.83. The van der Waals surface area contributed by atoms with Gasteiger partial charge in [0, 0.05) is 10.9 Å². The number of carbonyl (C=O) groups excluding carboxylic acids is 1. The Morgan fingerprint density at radius 2 is 2.31 bits per heavy atom. The first kappa shape index (κ1) is 7.91. The molecule has 1 aromatic carbocycles. The number of fused-ring (bicyclic) bond motifs is 1. The first-order chi connectivity index (χ1) is 6.22. The number of aldehydes is 1. The van der Waals surface area contributed by atoms with Crippen molar-refractivity contribution in [3.63, 3.8) is 0 Å². The quantitative estimate of drug-likeness (QED) is 0.629. The predicted molar refractivity (Wildman–Crippen MR) is 44.1 cm³/mol. The molecule has 0 bridgehead atoms. The predicted octanol–water partition coefficient (Wildman–Crippen LogP) is 2.09. The van der Waals surface area contributed by atoms with Gasteiger partial charge in [-0.3, -0.25) is 4.79 Å². The molecule has 1 heterocycles. The van der Waals surface area contributed by atoms with Crippen LogP contribution < -0.4 is 0 Å². The highest BCUT2D eigenvalue weighted by Crippen LogP contribution is 2.21.